The molecule has 0 radical (unpaired) electrons. The van der Waals surface area contributed by atoms with Crippen LogP contribution in [0.2, 0.25) is 15.1 Å². The van der Waals surface area contributed by atoms with Crippen LogP contribution in [0.3, 0.4) is 0 Å². The van der Waals surface area contributed by atoms with E-state index in [1.165, 1.54) is 6.42 Å². The smallest absolute Gasteiger partial charge is 0.309 e. The number of aromatic nitrogens is 2. The molecule has 8 nitrogen and oxygen atoms in total. The number of likely N-dealkylation sites (tertiary alicyclic amines) is 1. The third-order valence-electron chi connectivity index (χ3n) is 8.59. The summed E-state index contributed by atoms with van der Waals surface area (Å²) in [6.45, 7) is 7.30. The molecule has 3 N–H and O–H groups in total. The van der Waals surface area contributed by atoms with Gasteiger partial charge in [-0.15, -0.1) is 0 Å². The van der Waals surface area contributed by atoms with Gasteiger partial charge in [-0.3, -0.25) is 4.79 Å². The topological polar surface area (TPSA) is 102 Å². The molecule has 1 aromatic heterocycles. The van der Waals surface area contributed by atoms with Crippen LogP contribution in [-0.4, -0.2) is 63.3 Å². The molecule has 3 heterocycles. The van der Waals surface area contributed by atoms with E-state index in [0.29, 0.717) is 50.4 Å². The Morgan fingerprint density at radius 1 is 1.18 bits per heavy atom. The normalized spacial score (nSPS) is 26.9. The van der Waals surface area contributed by atoms with Crippen LogP contribution in [0.25, 0.3) is 0 Å². The molecule has 3 aliphatic rings. The third kappa shape index (κ3) is 5.43. The van der Waals surface area contributed by atoms with Crippen molar-refractivity contribution in [1.82, 2.24) is 14.9 Å². The molecular weight excluding hydrogens is 549 g/mol. The number of aliphatic hydroxyl groups excluding tert-OH is 1. The van der Waals surface area contributed by atoms with Crippen LogP contribution in [0.5, 0.6) is 0 Å². The summed E-state index contributed by atoms with van der Waals surface area (Å²) in [6.07, 6.45) is 3.81. The largest absolute Gasteiger partial charge is 0.481 e. The van der Waals surface area contributed by atoms with Crippen molar-refractivity contribution in [3.63, 3.8) is 0 Å². The van der Waals surface area contributed by atoms with E-state index in [-0.39, 0.29) is 12.6 Å². The summed E-state index contributed by atoms with van der Waals surface area (Å²) < 4.78 is 0. The van der Waals surface area contributed by atoms with E-state index >= 15 is 0 Å². The number of aliphatic carboxylic acids is 1. The summed E-state index contributed by atoms with van der Waals surface area (Å²) in [7, 11) is 0. The number of nitrogens with zero attached hydrogens (tertiary/aromatic N) is 4. The molecule has 1 saturated carbocycles. The quantitative estimate of drug-likeness (QED) is 0.375. The van der Waals surface area contributed by atoms with Crippen LogP contribution in [0.4, 0.5) is 11.8 Å². The van der Waals surface area contributed by atoms with E-state index in [1.54, 1.807) is 12.1 Å². The first-order chi connectivity index (χ1) is 18.1. The molecule has 206 valence electrons. The number of carbonyl (C=O) groups is 1. The molecule has 0 spiro atoms. The summed E-state index contributed by atoms with van der Waals surface area (Å²) in [4.78, 5) is 25.4. The fourth-order valence-electron chi connectivity index (χ4n) is 6.10. The minimum Gasteiger partial charge on any atom is -0.481 e. The van der Waals surface area contributed by atoms with E-state index in [0.717, 1.165) is 51.0 Å². The first-order valence-electron chi connectivity index (χ1n) is 13.2. The van der Waals surface area contributed by atoms with Gasteiger partial charge in [-0.2, -0.15) is 4.98 Å². The van der Waals surface area contributed by atoms with Gasteiger partial charge in [-0.05, 0) is 75.6 Å². The summed E-state index contributed by atoms with van der Waals surface area (Å²) in [5.74, 6) is 1.44. The highest BCUT2D eigenvalue weighted by atomic mass is 35.5. The molecule has 3 fully saturated rings. The lowest BCUT2D eigenvalue weighted by Gasteiger charge is -2.52. The molecule has 38 heavy (non-hydrogen) atoms. The Hall–Kier alpha value is -1.84. The molecular formula is C27H34Cl3N5O3. The number of benzene rings is 1. The van der Waals surface area contributed by atoms with Crippen LogP contribution in [0, 0.1) is 17.3 Å². The van der Waals surface area contributed by atoms with Crippen molar-refractivity contribution in [1.29, 1.82) is 0 Å². The van der Waals surface area contributed by atoms with Crippen LogP contribution in [-0.2, 0) is 11.4 Å². The zero-order valence-corrected chi connectivity index (χ0v) is 23.9. The van der Waals surface area contributed by atoms with E-state index in [2.05, 4.69) is 20.1 Å². The number of hydrogen-bond acceptors (Lipinski definition) is 7. The fourth-order valence-corrected chi connectivity index (χ4v) is 6.87. The first kappa shape index (κ1) is 27.7. The Labute approximate surface area is 238 Å². The zero-order valence-electron chi connectivity index (χ0n) is 21.6. The lowest BCUT2D eigenvalue weighted by molar-refractivity contribution is -0.158. The molecule has 2 aromatic rings. The van der Waals surface area contributed by atoms with Gasteiger partial charge in [-0.25, -0.2) is 4.98 Å². The molecule has 2 aliphatic heterocycles. The van der Waals surface area contributed by atoms with Gasteiger partial charge >= 0.3 is 5.97 Å². The number of nitrogens with one attached hydrogen (secondary N) is 1. The Kier molecular flexibility index (Phi) is 8.00. The molecule has 5 rings (SSSR count). The van der Waals surface area contributed by atoms with Gasteiger partial charge in [0.1, 0.15) is 5.02 Å². The Balaban J connectivity index is 1.23. The van der Waals surface area contributed by atoms with Crippen molar-refractivity contribution in [2.75, 3.05) is 36.4 Å². The lowest BCUT2D eigenvalue weighted by Crippen LogP contribution is -2.58. The van der Waals surface area contributed by atoms with Crippen molar-refractivity contribution in [2.24, 2.45) is 17.3 Å². The number of anilines is 2. The molecule has 2 atom stereocenters. The van der Waals surface area contributed by atoms with Crippen LogP contribution < -0.4 is 10.2 Å². The van der Waals surface area contributed by atoms with Crippen molar-refractivity contribution in [3.8, 4) is 0 Å². The number of carboxylic acids is 1. The SMILES string of the molecule is CC(Nc1nc(N2CC([C@H]3CCCN(C4CC(C)(C(=O)O)C4)C3)C2)nc(CO)c1Cl)c1ccc(Cl)cc1Cl. The predicted octanol–water partition coefficient (Wildman–Crippen LogP) is 5.50. The zero-order chi connectivity index (χ0) is 27.2. The molecule has 0 bridgehead atoms. The number of aliphatic hydroxyl groups is 1. The van der Waals surface area contributed by atoms with Crippen molar-refractivity contribution < 1.29 is 15.0 Å². The highest BCUT2D eigenvalue weighted by molar-refractivity contribution is 6.35. The van der Waals surface area contributed by atoms with E-state index in [4.69, 9.17) is 39.8 Å². The summed E-state index contributed by atoms with van der Waals surface area (Å²) in [6, 6.07) is 5.54. The Morgan fingerprint density at radius 3 is 2.58 bits per heavy atom. The van der Waals surface area contributed by atoms with E-state index < -0.39 is 11.4 Å². The maximum Gasteiger partial charge on any atom is 0.309 e. The maximum atomic E-state index is 11.5. The van der Waals surface area contributed by atoms with Gasteiger partial charge in [0.15, 0.2) is 5.82 Å². The monoisotopic (exact) mass is 581 g/mol. The van der Waals surface area contributed by atoms with Gasteiger partial charge in [0, 0.05) is 35.7 Å². The van der Waals surface area contributed by atoms with Gasteiger partial charge in [-0.1, -0.05) is 40.9 Å². The fraction of sp³-hybridized carbons (Fsp3) is 0.593. The van der Waals surface area contributed by atoms with Crippen LogP contribution in [0.1, 0.15) is 56.8 Å². The summed E-state index contributed by atoms with van der Waals surface area (Å²) in [5.41, 5.74) is 0.676. The third-order valence-corrected chi connectivity index (χ3v) is 9.55. The van der Waals surface area contributed by atoms with E-state index in [1.807, 2.05) is 19.9 Å². The minimum absolute atomic E-state index is 0.196. The lowest BCUT2D eigenvalue weighted by atomic mass is 9.65. The number of rotatable bonds is 8. The Bertz CT molecular complexity index is 1200. The number of carboxylic acid groups (broad SMARTS) is 1. The molecule has 1 aliphatic carbocycles. The standard InChI is InChI=1S/C27H34Cl3N5O3/c1-15(20-6-5-18(28)8-21(20)29)31-24-23(30)22(14-36)32-26(33-24)35-12-17(13-35)16-4-3-7-34(11-16)19-9-27(2,10-19)25(37)38/h5-6,8,15-17,19,36H,3-4,7,9-14H2,1-2H3,(H,37,38)(H,31,32,33)/t15?,16-,19?,27?/m0/s1. The van der Waals surface area contributed by atoms with Crippen LogP contribution >= 0.6 is 34.8 Å². The minimum atomic E-state index is -0.679. The molecule has 1 aromatic carbocycles. The maximum absolute atomic E-state index is 11.5. The van der Waals surface area contributed by atoms with Crippen LogP contribution in [0.15, 0.2) is 18.2 Å². The molecule has 2 saturated heterocycles. The molecule has 0 amide bonds. The van der Waals surface area contributed by atoms with Crippen molar-refractivity contribution in [3.05, 3.63) is 44.5 Å². The second-order valence-corrected chi connectivity index (χ2v) is 12.5. The van der Waals surface area contributed by atoms with Gasteiger partial charge in [0.25, 0.3) is 0 Å². The molecule has 1 unspecified atom stereocenters. The predicted molar refractivity (Wildman–Crippen MR) is 150 cm³/mol. The number of halogens is 3. The highest BCUT2D eigenvalue weighted by Crippen LogP contribution is 2.45. The van der Waals surface area contributed by atoms with Crippen molar-refractivity contribution >= 4 is 52.5 Å². The second-order valence-electron chi connectivity index (χ2n) is 11.3. The molecule has 11 heteroatoms. The number of piperidine rings is 1. The Morgan fingerprint density at radius 2 is 1.92 bits per heavy atom. The summed E-state index contributed by atoms with van der Waals surface area (Å²) >= 11 is 19.0. The highest BCUT2D eigenvalue weighted by Gasteiger charge is 2.49. The van der Waals surface area contributed by atoms with Gasteiger partial charge in [0.2, 0.25) is 5.95 Å². The average Bonchev–Trinajstić information content (AvgIpc) is 2.82. The average molecular weight is 583 g/mol. The number of hydrogen-bond donors (Lipinski definition) is 3. The first-order valence-corrected chi connectivity index (χ1v) is 14.3. The van der Waals surface area contributed by atoms with Crippen molar-refractivity contribution in [2.45, 2.75) is 58.2 Å². The second kappa shape index (κ2) is 11.0. The van der Waals surface area contributed by atoms with E-state index in [9.17, 15) is 15.0 Å². The summed E-state index contributed by atoms with van der Waals surface area (Å²) in [5, 5.41) is 24.1. The van der Waals surface area contributed by atoms with Gasteiger partial charge in [0.05, 0.1) is 23.8 Å². The van der Waals surface area contributed by atoms with Gasteiger partial charge < -0.3 is 25.3 Å².